The average molecular weight is 440 g/mol. The highest BCUT2D eigenvalue weighted by atomic mass is 35.5. The van der Waals surface area contributed by atoms with E-state index < -0.39 is 15.7 Å². The van der Waals surface area contributed by atoms with Gasteiger partial charge in [0, 0.05) is 35.9 Å². The highest BCUT2D eigenvalue weighted by Gasteiger charge is 2.14. The first-order valence-electron chi connectivity index (χ1n) is 9.50. The van der Waals surface area contributed by atoms with E-state index in [0.717, 1.165) is 31.1 Å². The van der Waals surface area contributed by atoms with Crippen LogP contribution >= 0.6 is 11.6 Å². The number of amides is 1. The molecule has 1 heterocycles. The molecule has 1 aromatic carbocycles. The summed E-state index contributed by atoms with van der Waals surface area (Å²) in [6, 6.07) is 8.45. The fourth-order valence-electron chi connectivity index (χ4n) is 2.79. The number of aromatic nitrogens is 2. The largest absolute Gasteiger partial charge is 0.354 e. The van der Waals surface area contributed by atoms with E-state index in [1.165, 1.54) is 10.6 Å². The summed E-state index contributed by atoms with van der Waals surface area (Å²) < 4.78 is 23.7. The Hall–Kier alpha value is -2.19. The maximum Gasteiger partial charge on any atom is 0.254 e. The molecular weight excluding hydrogens is 414 g/mol. The Morgan fingerprint density at radius 1 is 1.21 bits per heavy atom. The van der Waals surface area contributed by atoms with Crippen LogP contribution in [0.5, 0.6) is 0 Å². The zero-order valence-electron chi connectivity index (χ0n) is 16.7. The summed E-state index contributed by atoms with van der Waals surface area (Å²) in [7, 11) is -3.17. The molecule has 1 N–H and O–H groups in total. The van der Waals surface area contributed by atoms with E-state index in [1.54, 1.807) is 24.3 Å². The van der Waals surface area contributed by atoms with Crippen LogP contribution in [0.3, 0.4) is 0 Å². The number of aryl methyl sites for hydroxylation is 1. The van der Waals surface area contributed by atoms with Crippen LogP contribution in [0.1, 0.15) is 32.0 Å². The minimum Gasteiger partial charge on any atom is -0.354 e. The lowest BCUT2D eigenvalue weighted by atomic mass is 10.1. The molecule has 0 spiro atoms. The molecule has 1 amide bonds. The fraction of sp³-hybridized carbons (Fsp3) is 0.450. The van der Waals surface area contributed by atoms with Crippen molar-refractivity contribution < 1.29 is 13.2 Å². The number of benzene rings is 1. The standard InChI is InChI=1S/C20H26ClN3O4S/c1-3-4-5-6-18-23-17(15-7-9-16(21)10-8-15)13-20(26)24(18)14-19(25)22-11-12-29(2,27)28/h7-10,13H,3-6,11-12,14H2,1-2H3,(H,22,25). The maximum atomic E-state index is 12.7. The third-order valence-corrected chi connectivity index (χ3v) is 5.53. The number of nitrogens with one attached hydrogen (secondary N) is 1. The van der Waals surface area contributed by atoms with Gasteiger partial charge in [0.25, 0.3) is 5.56 Å². The lowest BCUT2D eigenvalue weighted by molar-refractivity contribution is -0.121. The first kappa shape index (κ1) is 23.1. The van der Waals surface area contributed by atoms with E-state index in [-0.39, 0.29) is 24.4 Å². The van der Waals surface area contributed by atoms with Gasteiger partial charge in [-0.3, -0.25) is 14.2 Å². The van der Waals surface area contributed by atoms with Gasteiger partial charge in [0.1, 0.15) is 22.2 Å². The molecule has 2 aromatic rings. The van der Waals surface area contributed by atoms with Gasteiger partial charge in [0.15, 0.2) is 0 Å². The molecule has 0 saturated heterocycles. The summed E-state index contributed by atoms with van der Waals surface area (Å²) >= 11 is 5.93. The summed E-state index contributed by atoms with van der Waals surface area (Å²) in [5.41, 5.74) is 0.981. The molecule has 0 fully saturated rings. The van der Waals surface area contributed by atoms with Gasteiger partial charge in [0.05, 0.1) is 11.4 Å². The summed E-state index contributed by atoms with van der Waals surface area (Å²) in [6.45, 7) is 1.89. The number of rotatable bonds is 10. The van der Waals surface area contributed by atoms with Crippen molar-refractivity contribution in [2.45, 2.75) is 39.2 Å². The lowest BCUT2D eigenvalue weighted by Crippen LogP contribution is -2.36. The molecule has 29 heavy (non-hydrogen) atoms. The quantitative estimate of drug-likeness (QED) is 0.573. The van der Waals surface area contributed by atoms with Crippen molar-refractivity contribution in [1.29, 1.82) is 0 Å². The molecule has 0 atom stereocenters. The SMILES string of the molecule is CCCCCc1nc(-c2ccc(Cl)cc2)cc(=O)n1CC(=O)NCCS(C)(=O)=O. The van der Waals surface area contributed by atoms with E-state index in [0.29, 0.717) is 23.0 Å². The van der Waals surface area contributed by atoms with Crippen LogP contribution in [0.2, 0.25) is 5.02 Å². The minimum atomic E-state index is -3.17. The van der Waals surface area contributed by atoms with E-state index in [1.807, 2.05) is 0 Å². The molecule has 0 aliphatic carbocycles. The van der Waals surface area contributed by atoms with E-state index in [9.17, 15) is 18.0 Å². The molecule has 2 rings (SSSR count). The Balaban J connectivity index is 2.26. The van der Waals surface area contributed by atoms with Gasteiger partial charge in [-0.05, 0) is 18.6 Å². The van der Waals surface area contributed by atoms with Crippen molar-refractivity contribution in [3.8, 4) is 11.3 Å². The number of sulfone groups is 1. The summed E-state index contributed by atoms with van der Waals surface area (Å²) in [4.78, 5) is 29.6. The second-order valence-electron chi connectivity index (χ2n) is 6.93. The van der Waals surface area contributed by atoms with Gasteiger partial charge in [-0.1, -0.05) is 43.5 Å². The molecule has 0 bridgehead atoms. The number of nitrogens with zero attached hydrogens (tertiary/aromatic N) is 2. The van der Waals surface area contributed by atoms with Crippen LogP contribution in [-0.4, -0.2) is 42.4 Å². The zero-order chi connectivity index (χ0) is 21.4. The first-order chi connectivity index (χ1) is 13.7. The Labute approximate surface area is 176 Å². The van der Waals surface area contributed by atoms with Crippen LogP contribution in [0, 0.1) is 0 Å². The van der Waals surface area contributed by atoms with Crippen LogP contribution in [0.25, 0.3) is 11.3 Å². The van der Waals surface area contributed by atoms with E-state index >= 15 is 0 Å². The predicted octanol–water partition coefficient (Wildman–Crippen LogP) is 2.46. The number of halogens is 1. The summed E-state index contributed by atoms with van der Waals surface area (Å²) in [6.07, 6.45) is 4.54. The monoisotopic (exact) mass is 439 g/mol. The van der Waals surface area contributed by atoms with Crippen LogP contribution in [0.15, 0.2) is 35.1 Å². The van der Waals surface area contributed by atoms with Crippen LogP contribution in [0.4, 0.5) is 0 Å². The number of hydrogen-bond acceptors (Lipinski definition) is 5. The van der Waals surface area contributed by atoms with Gasteiger partial charge in [-0.15, -0.1) is 0 Å². The maximum absolute atomic E-state index is 12.7. The first-order valence-corrected chi connectivity index (χ1v) is 11.9. The van der Waals surface area contributed by atoms with Gasteiger partial charge < -0.3 is 5.32 Å². The Morgan fingerprint density at radius 2 is 1.90 bits per heavy atom. The fourth-order valence-corrected chi connectivity index (χ4v) is 3.39. The van der Waals surface area contributed by atoms with Gasteiger partial charge in [-0.25, -0.2) is 13.4 Å². The predicted molar refractivity (Wildman–Crippen MR) is 115 cm³/mol. The average Bonchev–Trinajstić information content (AvgIpc) is 2.64. The highest BCUT2D eigenvalue weighted by Crippen LogP contribution is 2.19. The molecule has 0 unspecified atom stereocenters. The normalized spacial score (nSPS) is 11.4. The van der Waals surface area contributed by atoms with Crippen molar-refractivity contribution in [2.24, 2.45) is 0 Å². The van der Waals surface area contributed by atoms with Crippen molar-refractivity contribution in [3.05, 3.63) is 51.5 Å². The lowest BCUT2D eigenvalue weighted by Gasteiger charge is -2.14. The van der Waals surface area contributed by atoms with Gasteiger partial charge in [0.2, 0.25) is 5.91 Å². The van der Waals surface area contributed by atoms with Crippen molar-refractivity contribution in [1.82, 2.24) is 14.9 Å². The molecule has 0 aliphatic rings. The Kier molecular flexibility index (Phi) is 8.40. The van der Waals surface area contributed by atoms with Crippen molar-refractivity contribution in [2.75, 3.05) is 18.6 Å². The van der Waals surface area contributed by atoms with Crippen molar-refractivity contribution >= 4 is 27.3 Å². The third kappa shape index (κ3) is 7.62. The molecule has 0 radical (unpaired) electrons. The van der Waals surface area contributed by atoms with Crippen LogP contribution < -0.4 is 10.9 Å². The number of unbranched alkanes of at least 4 members (excludes halogenated alkanes) is 2. The zero-order valence-corrected chi connectivity index (χ0v) is 18.2. The number of hydrogen-bond donors (Lipinski definition) is 1. The second kappa shape index (κ2) is 10.5. The third-order valence-electron chi connectivity index (χ3n) is 4.33. The van der Waals surface area contributed by atoms with Crippen LogP contribution in [-0.2, 0) is 27.6 Å². The number of carbonyl (C=O) groups excluding carboxylic acids is 1. The topological polar surface area (TPSA) is 98.1 Å². The number of carbonyl (C=O) groups is 1. The van der Waals surface area contributed by atoms with Gasteiger partial charge in [-0.2, -0.15) is 0 Å². The Bertz CT molecular complexity index is 1000. The molecule has 158 valence electrons. The van der Waals surface area contributed by atoms with E-state index in [2.05, 4.69) is 17.2 Å². The molecule has 1 aromatic heterocycles. The molecule has 0 aliphatic heterocycles. The Morgan fingerprint density at radius 3 is 2.52 bits per heavy atom. The molecule has 9 heteroatoms. The van der Waals surface area contributed by atoms with Gasteiger partial charge >= 0.3 is 0 Å². The molecule has 0 saturated carbocycles. The van der Waals surface area contributed by atoms with Crippen molar-refractivity contribution in [3.63, 3.8) is 0 Å². The van der Waals surface area contributed by atoms with E-state index in [4.69, 9.17) is 11.6 Å². The molecular formula is C20H26ClN3O4S. The highest BCUT2D eigenvalue weighted by molar-refractivity contribution is 7.90. The summed E-state index contributed by atoms with van der Waals surface area (Å²) in [5, 5.41) is 3.14. The summed E-state index contributed by atoms with van der Waals surface area (Å²) in [5.74, 6) is -0.0345. The second-order valence-corrected chi connectivity index (χ2v) is 9.62. The smallest absolute Gasteiger partial charge is 0.254 e. The minimum absolute atomic E-state index is 0.00781. The molecule has 7 nitrogen and oxygen atoms in total.